The topological polar surface area (TPSA) is 77.1 Å². The van der Waals surface area contributed by atoms with E-state index in [2.05, 4.69) is 19.2 Å². The van der Waals surface area contributed by atoms with E-state index in [-0.39, 0.29) is 17.7 Å². The Kier molecular flexibility index (Phi) is 7.62. The number of amides is 2. The lowest BCUT2D eigenvalue weighted by Crippen LogP contribution is -2.37. The summed E-state index contributed by atoms with van der Waals surface area (Å²) in [7, 11) is 4.74. The van der Waals surface area contributed by atoms with Crippen molar-refractivity contribution in [2.45, 2.75) is 19.8 Å². The number of carbonyl (C=O) groups is 2. The number of methoxy groups -OCH3 is 3. The third kappa shape index (κ3) is 4.98. The van der Waals surface area contributed by atoms with E-state index in [1.807, 2.05) is 18.2 Å². The fourth-order valence-corrected chi connectivity index (χ4v) is 4.13. The normalized spacial score (nSPS) is 17.9. The number of hydrogen-bond donors (Lipinski definition) is 1. The van der Waals surface area contributed by atoms with Gasteiger partial charge in [-0.15, -0.1) is 0 Å². The van der Waals surface area contributed by atoms with Crippen LogP contribution in [0.2, 0.25) is 0 Å². The molecule has 0 saturated carbocycles. The molecule has 0 radical (unpaired) electrons. The summed E-state index contributed by atoms with van der Waals surface area (Å²) in [4.78, 5) is 28.2. The zero-order valence-electron chi connectivity index (χ0n) is 19.4. The Bertz CT molecular complexity index is 959. The molecule has 1 fully saturated rings. The van der Waals surface area contributed by atoms with Crippen molar-refractivity contribution >= 4 is 11.8 Å². The van der Waals surface area contributed by atoms with Crippen molar-refractivity contribution in [3.8, 4) is 17.2 Å². The van der Waals surface area contributed by atoms with Gasteiger partial charge in [0.1, 0.15) is 5.75 Å². The minimum atomic E-state index is -0.399. The van der Waals surface area contributed by atoms with E-state index >= 15 is 0 Å². The monoisotopic (exact) mass is 440 g/mol. The van der Waals surface area contributed by atoms with E-state index in [9.17, 15) is 9.59 Å². The van der Waals surface area contributed by atoms with E-state index < -0.39 is 5.92 Å². The van der Waals surface area contributed by atoms with Crippen molar-refractivity contribution < 1.29 is 23.8 Å². The van der Waals surface area contributed by atoms with Gasteiger partial charge in [0.2, 0.25) is 5.91 Å². The molecule has 2 amide bonds. The fourth-order valence-electron chi connectivity index (χ4n) is 4.13. The van der Waals surface area contributed by atoms with Crippen molar-refractivity contribution in [3.05, 3.63) is 53.6 Å². The number of likely N-dealkylation sites (tertiary alicyclic amines) is 1. The van der Waals surface area contributed by atoms with E-state index in [4.69, 9.17) is 14.2 Å². The molecular weight excluding hydrogens is 408 g/mol. The minimum Gasteiger partial charge on any atom is -0.497 e. The van der Waals surface area contributed by atoms with Gasteiger partial charge in [-0.25, -0.2) is 0 Å². The molecule has 0 aromatic heterocycles. The Labute approximate surface area is 189 Å². The third-order valence-electron chi connectivity index (χ3n) is 5.78. The van der Waals surface area contributed by atoms with Gasteiger partial charge >= 0.3 is 0 Å². The second-order valence-electron chi connectivity index (χ2n) is 8.38. The van der Waals surface area contributed by atoms with E-state index in [1.54, 1.807) is 50.5 Å². The van der Waals surface area contributed by atoms with Crippen molar-refractivity contribution in [2.24, 2.45) is 11.8 Å². The molecule has 0 spiro atoms. The summed E-state index contributed by atoms with van der Waals surface area (Å²) in [6.07, 6.45) is 0. The van der Waals surface area contributed by atoms with Gasteiger partial charge in [-0.2, -0.15) is 0 Å². The molecule has 1 heterocycles. The number of hydrogen-bond acceptors (Lipinski definition) is 5. The Morgan fingerprint density at radius 1 is 1.03 bits per heavy atom. The van der Waals surface area contributed by atoms with Crippen molar-refractivity contribution in [2.75, 3.05) is 41.0 Å². The van der Waals surface area contributed by atoms with Crippen LogP contribution in [-0.2, 0) is 4.79 Å². The summed E-state index contributed by atoms with van der Waals surface area (Å²) >= 11 is 0. The molecule has 2 atom stereocenters. The van der Waals surface area contributed by atoms with E-state index in [0.717, 1.165) is 5.56 Å². The Hall–Kier alpha value is -3.22. The van der Waals surface area contributed by atoms with Crippen LogP contribution in [0.15, 0.2) is 42.5 Å². The summed E-state index contributed by atoms with van der Waals surface area (Å²) in [6, 6.07) is 12.7. The summed E-state index contributed by atoms with van der Waals surface area (Å²) in [5, 5.41) is 3.04. The lowest BCUT2D eigenvalue weighted by Gasteiger charge is -2.22. The largest absolute Gasteiger partial charge is 0.497 e. The standard InChI is InChI=1S/C25H32N2O5/c1-16(2)13-26-24(28)21-15-27(25(29)17-8-6-9-18(12-17)30-3)14-20(21)19-10-7-11-22(31-4)23(19)32-5/h6-12,16,20-21H,13-15H2,1-5H3,(H,26,28). The molecule has 172 valence electrons. The molecule has 7 nitrogen and oxygen atoms in total. The maximum atomic E-state index is 13.3. The number of para-hydroxylation sites is 1. The minimum absolute atomic E-state index is 0.0606. The second kappa shape index (κ2) is 10.4. The number of carbonyl (C=O) groups excluding carboxylic acids is 2. The molecular formula is C25H32N2O5. The summed E-state index contributed by atoms with van der Waals surface area (Å²) < 4.78 is 16.4. The molecule has 1 aliphatic rings. The molecule has 2 aromatic carbocycles. The zero-order valence-corrected chi connectivity index (χ0v) is 19.4. The van der Waals surface area contributed by atoms with Gasteiger partial charge in [0.05, 0.1) is 27.2 Å². The van der Waals surface area contributed by atoms with Crippen LogP contribution in [0.3, 0.4) is 0 Å². The predicted molar refractivity (Wildman–Crippen MR) is 123 cm³/mol. The van der Waals surface area contributed by atoms with Crippen LogP contribution in [0.4, 0.5) is 0 Å². The van der Waals surface area contributed by atoms with Gasteiger partial charge in [-0.05, 0) is 30.2 Å². The molecule has 1 saturated heterocycles. The Balaban J connectivity index is 1.94. The fraction of sp³-hybridized carbons (Fsp3) is 0.440. The number of rotatable bonds is 8. The van der Waals surface area contributed by atoms with Gasteiger partial charge in [0, 0.05) is 36.7 Å². The van der Waals surface area contributed by atoms with Gasteiger partial charge in [-0.1, -0.05) is 32.0 Å². The molecule has 0 bridgehead atoms. The van der Waals surface area contributed by atoms with E-state index in [1.165, 1.54) is 0 Å². The SMILES string of the molecule is COc1cccc(C(=O)N2CC(C(=O)NCC(C)C)C(c3cccc(OC)c3OC)C2)c1. The lowest BCUT2D eigenvalue weighted by atomic mass is 9.87. The van der Waals surface area contributed by atoms with Crippen molar-refractivity contribution in [3.63, 3.8) is 0 Å². The molecule has 1 aliphatic heterocycles. The first kappa shape index (κ1) is 23.4. The quantitative estimate of drug-likeness (QED) is 0.681. The smallest absolute Gasteiger partial charge is 0.254 e. The lowest BCUT2D eigenvalue weighted by molar-refractivity contribution is -0.125. The average Bonchev–Trinajstić information content (AvgIpc) is 3.26. The van der Waals surface area contributed by atoms with Crippen LogP contribution >= 0.6 is 0 Å². The summed E-state index contributed by atoms with van der Waals surface area (Å²) in [6.45, 7) is 5.41. The molecule has 32 heavy (non-hydrogen) atoms. The van der Waals surface area contributed by atoms with Gasteiger partial charge in [-0.3, -0.25) is 9.59 Å². The van der Waals surface area contributed by atoms with Crippen LogP contribution in [0, 0.1) is 11.8 Å². The van der Waals surface area contributed by atoms with E-state index in [0.29, 0.717) is 48.4 Å². The van der Waals surface area contributed by atoms with Crippen LogP contribution in [0.5, 0.6) is 17.2 Å². The molecule has 7 heteroatoms. The number of benzene rings is 2. The highest BCUT2D eigenvalue weighted by Crippen LogP contribution is 2.42. The van der Waals surface area contributed by atoms with Crippen molar-refractivity contribution in [1.82, 2.24) is 10.2 Å². The second-order valence-corrected chi connectivity index (χ2v) is 8.38. The van der Waals surface area contributed by atoms with Crippen LogP contribution < -0.4 is 19.5 Å². The van der Waals surface area contributed by atoms with Gasteiger partial charge < -0.3 is 24.4 Å². The predicted octanol–water partition coefficient (Wildman–Crippen LogP) is 3.34. The first-order valence-corrected chi connectivity index (χ1v) is 10.8. The highest BCUT2D eigenvalue weighted by atomic mass is 16.5. The maximum Gasteiger partial charge on any atom is 0.254 e. The highest BCUT2D eigenvalue weighted by Gasteiger charge is 2.42. The van der Waals surface area contributed by atoms with Crippen LogP contribution in [0.25, 0.3) is 0 Å². The van der Waals surface area contributed by atoms with Gasteiger partial charge in [0.15, 0.2) is 11.5 Å². The molecule has 3 rings (SSSR count). The zero-order chi connectivity index (χ0) is 23.3. The Morgan fingerprint density at radius 2 is 1.78 bits per heavy atom. The number of ether oxygens (including phenoxy) is 3. The third-order valence-corrected chi connectivity index (χ3v) is 5.78. The molecule has 0 aliphatic carbocycles. The molecule has 1 N–H and O–H groups in total. The Morgan fingerprint density at radius 3 is 2.44 bits per heavy atom. The number of nitrogens with zero attached hydrogens (tertiary/aromatic N) is 1. The van der Waals surface area contributed by atoms with Crippen molar-refractivity contribution in [1.29, 1.82) is 0 Å². The maximum absolute atomic E-state index is 13.3. The summed E-state index contributed by atoms with van der Waals surface area (Å²) in [5.41, 5.74) is 1.39. The average molecular weight is 441 g/mol. The highest BCUT2D eigenvalue weighted by molar-refractivity contribution is 5.95. The first-order chi connectivity index (χ1) is 15.4. The van der Waals surface area contributed by atoms with Crippen LogP contribution in [-0.4, -0.2) is 57.7 Å². The summed E-state index contributed by atoms with van der Waals surface area (Å²) in [5.74, 6) is 1.34. The van der Waals surface area contributed by atoms with Crippen LogP contribution in [0.1, 0.15) is 35.7 Å². The van der Waals surface area contributed by atoms with Gasteiger partial charge in [0.25, 0.3) is 5.91 Å². The first-order valence-electron chi connectivity index (χ1n) is 10.8. The number of nitrogens with one attached hydrogen (secondary N) is 1. The molecule has 2 unspecified atom stereocenters. The molecule has 2 aromatic rings.